The molecule has 0 atom stereocenters. The standard InChI is InChI=1S/C20H24F3N3O2Si/c1-29(2,3)9-8-27-12-26-7-6-14-18(26)11-16(22)20(19(14)23)28-13-4-5-15(21)17(10-13)25-24/h4-7,10-11,25H,8-9,12,24H2,1-3H3. The van der Waals surface area contributed by atoms with Crippen molar-refractivity contribution in [2.75, 3.05) is 12.0 Å². The maximum atomic E-state index is 14.9. The molecule has 1 heterocycles. The second kappa shape index (κ2) is 8.48. The predicted molar refractivity (Wildman–Crippen MR) is 110 cm³/mol. The molecular formula is C20H24F3N3O2Si. The first-order valence-electron chi connectivity index (χ1n) is 9.18. The van der Waals surface area contributed by atoms with Crippen LogP contribution in [0.2, 0.25) is 25.7 Å². The van der Waals surface area contributed by atoms with Crippen LogP contribution in [0.25, 0.3) is 10.9 Å². The van der Waals surface area contributed by atoms with E-state index in [1.807, 2.05) is 0 Å². The molecule has 0 aliphatic carbocycles. The van der Waals surface area contributed by atoms with E-state index in [4.69, 9.17) is 15.3 Å². The molecule has 0 bridgehead atoms. The molecule has 3 rings (SSSR count). The van der Waals surface area contributed by atoms with Gasteiger partial charge in [-0.25, -0.2) is 13.2 Å². The number of fused-ring (bicyclic) bond motifs is 1. The van der Waals surface area contributed by atoms with Gasteiger partial charge < -0.3 is 19.5 Å². The van der Waals surface area contributed by atoms with Gasteiger partial charge >= 0.3 is 0 Å². The van der Waals surface area contributed by atoms with Crippen molar-refractivity contribution in [3.63, 3.8) is 0 Å². The SMILES string of the molecule is C[Si](C)(C)CCOCn1ccc2c(F)c(Oc3ccc(F)c(NN)c3)c(F)cc21. The minimum absolute atomic E-state index is 0.0469. The van der Waals surface area contributed by atoms with Gasteiger partial charge in [0.1, 0.15) is 18.3 Å². The molecule has 0 fully saturated rings. The van der Waals surface area contributed by atoms with E-state index in [0.717, 1.165) is 12.1 Å². The van der Waals surface area contributed by atoms with Crippen LogP contribution < -0.4 is 16.0 Å². The van der Waals surface area contributed by atoms with E-state index < -0.39 is 31.3 Å². The van der Waals surface area contributed by atoms with Crippen LogP contribution in [0.3, 0.4) is 0 Å². The third kappa shape index (κ3) is 4.92. The number of hydrazine groups is 1. The molecule has 0 unspecified atom stereocenters. The van der Waals surface area contributed by atoms with E-state index in [2.05, 4.69) is 25.1 Å². The topological polar surface area (TPSA) is 61.4 Å². The van der Waals surface area contributed by atoms with Crippen molar-refractivity contribution in [3.8, 4) is 11.5 Å². The first-order valence-corrected chi connectivity index (χ1v) is 12.9. The largest absolute Gasteiger partial charge is 0.451 e. The van der Waals surface area contributed by atoms with E-state index in [9.17, 15) is 13.2 Å². The van der Waals surface area contributed by atoms with Gasteiger partial charge in [-0.1, -0.05) is 19.6 Å². The Morgan fingerprint density at radius 3 is 2.52 bits per heavy atom. The average Bonchev–Trinajstić information content (AvgIpc) is 3.05. The van der Waals surface area contributed by atoms with E-state index >= 15 is 0 Å². The number of hydrogen-bond acceptors (Lipinski definition) is 4. The number of ether oxygens (including phenoxy) is 2. The van der Waals surface area contributed by atoms with Crippen molar-refractivity contribution in [1.82, 2.24) is 4.57 Å². The molecule has 0 radical (unpaired) electrons. The summed E-state index contributed by atoms with van der Waals surface area (Å²) in [7, 11) is -1.21. The van der Waals surface area contributed by atoms with Gasteiger partial charge in [0.25, 0.3) is 0 Å². The number of aromatic nitrogens is 1. The highest BCUT2D eigenvalue weighted by Crippen LogP contribution is 2.34. The fraction of sp³-hybridized carbons (Fsp3) is 0.300. The molecule has 0 saturated heterocycles. The Labute approximate surface area is 168 Å². The summed E-state index contributed by atoms with van der Waals surface area (Å²) in [6, 6.07) is 7.31. The number of nitrogens with two attached hydrogens (primary N) is 1. The lowest BCUT2D eigenvalue weighted by molar-refractivity contribution is 0.0902. The Morgan fingerprint density at radius 1 is 1.07 bits per heavy atom. The van der Waals surface area contributed by atoms with E-state index in [1.165, 1.54) is 24.3 Å². The maximum Gasteiger partial charge on any atom is 0.199 e. The van der Waals surface area contributed by atoms with Crippen LogP contribution in [0, 0.1) is 17.5 Å². The zero-order valence-electron chi connectivity index (χ0n) is 16.6. The fourth-order valence-electron chi connectivity index (χ4n) is 2.79. The van der Waals surface area contributed by atoms with Crippen molar-refractivity contribution < 1.29 is 22.6 Å². The van der Waals surface area contributed by atoms with Crippen molar-refractivity contribution in [2.24, 2.45) is 5.84 Å². The lowest BCUT2D eigenvalue weighted by atomic mass is 10.2. The van der Waals surface area contributed by atoms with Crippen molar-refractivity contribution in [2.45, 2.75) is 32.4 Å². The number of nitrogens with zero attached hydrogens (tertiary/aromatic N) is 1. The van der Waals surface area contributed by atoms with E-state index in [1.54, 1.807) is 10.8 Å². The Kier molecular flexibility index (Phi) is 6.20. The molecule has 3 N–H and O–H groups in total. The smallest absolute Gasteiger partial charge is 0.199 e. The molecule has 5 nitrogen and oxygen atoms in total. The van der Waals surface area contributed by atoms with Crippen LogP contribution in [-0.4, -0.2) is 19.2 Å². The fourth-order valence-corrected chi connectivity index (χ4v) is 3.54. The minimum Gasteiger partial charge on any atom is -0.451 e. The van der Waals surface area contributed by atoms with Gasteiger partial charge in [0.15, 0.2) is 17.4 Å². The van der Waals surface area contributed by atoms with Crippen LogP contribution in [0.4, 0.5) is 18.9 Å². The van der Waals surface area contributed by atoms with Gasteiger partial charge in [0.05, 0.1) is 11.2 Å². The van der Waals surface area contributed by atoms with Crippen LogP contribution in [0.15, 0.2) is 36.5 Å². The number of anilines is 1. The highest BCUT2D eigenvalue weighted by Gasteiger charge is 2.19. The third-order valence-corrected chi connectivity index (χ3v) is 6.17. The molecule has 156 valence electrons. The van der Waals surface area contributed by atoms with Gasteiger partial charge in [-0.2, -0.15) is 0 Å². The molecule has 0 aliphatic rings. The van der Waals surface area contributed by atoms with Crippen molar-refractivity contribution in [1.29, 1.82) is 0 Å². The number of nitrogens with one attached hydrogen (secondary N) is 1. The molecule has 3 aromatic rings. The van der Waals surface area contributed by atoms with Crippen LogP contribution in [-0.2, 0) is 11.5 Å². The number of rotatable bonds is 8. The molecular weight excluding hydrogens is 399 g/mol. The zero-order chi connectivity index (χ0) is 21.2. The van der Waals surface area contributed by atoms with Gasteiger partial charge in [-0.3, -0.25) is 5.84 Å². The van der Waals surface area contributed by atoms with Crippen molar-refractivity contribution >= 4 is 24.7 Å². The summed E-state index contributed by atoms with van der Waals surface area (Å²) in [4.78, 5) is 0. The van der Waals surface area contributed by atoms with Gasteiger partial charge in [-0.15, -0.1) is 0 Å². The Hall–Kier alpha value is -2.49. The summed E-state index contributed by atoms with van der Waals surface area (Å²) in [6.07, 6.45) is 1.64. The molecule has 2 aromatic carbocycles. The first-order chi connectivity index (χ1) is 13.7. The molecule has 0 saturated carbocycles. The summed E-state index contributed by atoms with van der Waals surface area (Å²) < 4.78 is 55.7. The number of hydrogen-bond donors (Lipinski definition) is 2. The van der Waals surface area contributed by atoms with Gasteiger partial charge in [0, 0.05) is 38.4 Å². The molecule has 0 spiro atoms. The predicted octanol–water partition coefficient (Wildman–Crippen LogP) is 5.45. The summed E-state index contributed by atoms with van der Waals surface area (Å²) in [5, 5.41) is 0.203. The molecule has 9 heteroatoms. The third-order valence-electron chi connectivity index (χ3n) is 4.46. The minimum atomic E-state index is -1.21. The second-order valence-electron chi connectivity index (χ2n) is 7.96. The summed E-state index contributed by atoms with van der Waals surface area (Å²) in [5.74, 6) is 2.38. The number of nitrogen functional groups attached to an aromatic ring is 1. The number of benzene rings is 2. The van der Waals surface area contributed by atoms with Crippen LogP contribution in [0.1, 0.15) is 0 Å². The summed E-state index contributed by atoms with van der Waals surface area (Å²) in [5.41, 5.74) is 2.47. The van der Waals surface area contributed by atoms with E-state index in [0.29, 0.717) is 12.1 Å². The molecule has 1 aromatic heterocycles. The number of halogens is 3. The first kappa shape index (κ1) is 21.2. The van der Waals surface area contributed by atoms with E-state index in [-0.39, 0.29) is 23.6 Å². The van der Waals surface area contributed by atoms with Gasteiger partial charge in [0.2, 0.25) is 0 Å². The maximum absolute atomic E-state index is 14.9. The molecule has 0 amide bonds. The highest BCUT2D eigenvalue weighted by atomic mass is 28.3. The van der Waals surface area contributed by atoms with Crippen molar-refractivity contribution in [3.05, 3.63) is 54.0 Å². The highest BCUT2D eigenvalue weighted by molar-refractivity contribution is 6.76. The Balaban J connectivity index is 1.82. The summed E-state index contributed by atoms with van der Waals surface area (Å²) in [6.45, 7) is 7.56. The van der Waals surface area contributed by atoms with Gasteiger partial charge in [-0.05, 0) is 24.2 Å². The second-order valence-corrected chi connectivity index (χ2v) is 13.6. The molecule has 0 aliphatic heterocycles. The zero-order valence-corrected chi connectivity index (χ0v) is 17.6. The Morgan fingerprint density at radius 2 is 1.83 bits per heavy atom. The lowest BCUT2D eigenvalue weighted by Gasteiger charge is -2.16. The monoisotopic (exact) mass is 423 g/mol. The lowest BCUT2D eigenvalue weighted by Crippen LogP contribution is -2.21. The normalized spacial score (nSPS) is 11.8. The van der Waals surface area contributed by atoms with Crippen LogP contribution in [0.5, 0.6) is 11.5 Å². The summed E-state index contributed by atoms with van der Waals surface area (Å²) >= 11 is 0. The molecule has 29 heavy (non-hydrogen) atoms. The average molecular weight is 424 g/mol. The Bertz CT molecular complexity index is 1020. The van der Waals surface area contributed by atoms with Crippen LogP contribution >= 0.6 is 0 Å². The quantitative estimate of drug-likeness (QED) is 0.219.